The molecule has 0 spiro atoms. The number of carbonyl (C=O) groups excluding carboxylic acids is 1. The lowest BCUT2D eigenvalue weighted by Crippen LogP contribution is -2.06. The molecule has 3 aromatic carbocycles. The number of nitrogens with one attached hydrogen (secondary N) is 1. The van der Waals surface area contributed by atoms with Crippen LogP contribution in [0, 0.1) is 13.8 Å². The van der Waals surface area contributed by atoms with Crippen molar-refractivity contribution >= 4 is 22.4 Å². The van der Waals surface area contributed by atoms with Crippen molar-refractivity contribution in [3.8, 4) is 11.1 Å². The molecule has 2 nitrogen and oxygen atoms in total. The van der Waals surface area contributed by atoms with E-state index in [1.54, 1.807) is 0 Å². The molecule has 0 atom stereocenters. The quantitative estimate of drug-likeness (QED) is 0.700. The van der Waals surface area contributed by atoms with Gasteiger partial charge < -0.3 is 5.32 Å². The second kappa shape index (κ2) is 5.64. The Labute approximate surface area is 130 Å². The van der Waals surface area contributed by atoms with Gasteiger partial charge >= 0.3 is 0 Å². The Balaban J connectivity index is 2.14. The number of aryl methyl sites for hydroxylation is 2. The third kappa shape index (κ3) is 2.73. The maximum Gasteiger partial charge on any atom is 0.221 e. The van der Waals surface area contributed by atoms with Crippen molar-refractivity contribution in [1.82, 2.24) is 0 Å². The molecule has 3 aromatic rings. The van der Waals surface area contributed by atoms with Crippen LogP contribution in [0.4, 0.5) is 5.69 Å². The van der Waals surface area contributed by atoms with Gasteiger partial charge in [-0.3, -0.25) is 4.79 Å². The minimum absolute atomic E-state index is 0.0558. The summed E-state index contributed by atoms with van der Waals surface area (Å²) >= 11 is 0. The highest BCUT2D eigenvalue weighted by Gasteiger charge is 2.07. The summed E-state index contributed by atoms with van der Waals surface area (Å²) in [5.41, 5.74) is 5.59. The van der Waals surface area contributed by atoms with Gasteiger partial charge in [0.25, 0.3) is 0 Å². The zero-order chi connectivity index (χ0) is 15.7. The molecule has 0 saturated heterocycles. The Morgan fingerprint density at radius 3 is 2.27 bits per heavy atom. The molecule has 0 unspecified atom stereocenters. The van der Waals surface area contributed by atoms with Crippen molar-refractivity contribution in [2.75, 3.05) is 5.32 Å². The van der Waals surface area contributed by atoms with Crippen LogP contribution in [0.3, 0.4) is 0 Å². The van der Waals surface area contributed by atoms with Gasteiger partial charge in [0.15, 0.2) is 0 Å². The van der Waals surface area contributed by atoms with Gasteiger partial charge in [-0.05, 0) is 53.4 Å². The Bertz CT molecular complexity index is 865. The highest BCUT2D eigenvalue weighted by molar-refractivity contribution is 5.96. The van der Waals surface area contributed by atoms with Crippen LogP contribution in [0.1, 0.15) is 18.1 Å². The third-order valence-electron chi connectivity index (χ3n) is 4.00. The first-order chi connectivity index (χ1) is 10.5. The number of fused-ring (bicyclic) bond motifs is 1. The van der Waals surface area contributed by atoms with E-state index in [9.17, 15) is 4.79 Å². The van der Waals surface area contributed by atoms with Crippen LogP contribution >= 0.6 is 0 Å². The molecule has 1 amide bonds. The Morgan fingerprint density at radius 1 is 0.864 bits per heavy atom. The van der Waals surface area contributed by atoms with E-state index >= 15 is 0 Å². The van der Waals surface area contributed by atoms with Crippen molar-refractivity contribution in [1.29, 1.82) is 0 Å². The maximum absolute atomic E-state index is 11.4. The lowest BCUT2D eigenvalue weighted by atomic mass is 9.97. The molecule has 0 radical (unpaired) electrons. The Morgan fingerprint density at radius 2 is 1.55 bits per heavy atom. The molecule has 0 heterocycles. The summed E-state index contributed by atoms with van der Waals surface area (Å²) in [6.45, 7) is 5.80. The van der Waals surface area contributed by atoms with E-state index in [1.807, 2.05) is 24.3 Å². The van der Waals surface area contributed by atoms with Crippen LogP contribution < -0.4 is 5.32 Å². The summed E-state index contributed by atoms with van der Waals surface area (Å²) in [6, 6.07) is 18.8. The van der Waals surface area contributed by atoms with Crippen LogP contribution in [0.5, 0.6) is 0 Å². The van der Waals surface area contributed by atoms with Crippen LogP contribution in [0.15, 0.2) is 54.6 Å². The van der Waals surface area contributed by atoms with Gasteiger partial charge in [-0.2, -0.15) is 0 Å². The SMILES string of the molecule is CC(=O)Nc1ccccc1-c1ccc2cc(C)c(C)cc2c1. The van der Waals surface area contributed by atoms with Crippen molar-refractivity contribution in [3.05, 3.63) is 65.7 Å². The first-order valence-corrected chi connectivity index (χ1v) is 7.42. The predicted octanol–water partition coefficient (Wildman–Crippen LogP) is 5.08. The second-order valence-corrected chi connectivity index (χ2v) is 5.73. The summed E-state index contributed by atoms with van der Waals surface area (Å²) in [5, 5.41) is 5.36. The monoisotopic (exact) mass is 289 g/mol. The molecule has 0 fully saturated rings. The zero-order valence-corrected chi connectivity index (χ0v) is 13.1. The average Bonchev–Trinajstić information content (AvgIpc) is 2.48. The van der Waals surface area contributed by atoms with E-state index in [4.69, 9.17) is 0 Å². The number of rotatable bonds is 2. The van der Waals surface area contributed by atoms with E-state index in [2.05, 4.69) is 49.5 Å². The lowest BCUT2D eigenvalue weighted by Gasteiger charge is -2.11. The summed E-state index contributed by atoms with van der Waals surface area (Å²) in [6.07, 6.45) is 0. The number of amides is 1. The largest absolute Gasteiger partial charge is 0.326 e. The number of hydrogen-bond donors (Lipinski definition) is 1. The summed E-state index contributed by atoms with van der Waals surface area (Å²) in [4.78, 5) is 11.4. The number of benzene rings is 3. The molecule has 0 aliphatic rings. The Hall–Kier alpha value is -2.61. The van der Waals surface area contributed by atoms with Gasteiger partial charge in [0, 0.05) is 18.2 Å². The minimum atomic E-state index is -0.0558. The fourth-order valence-corrected chi connectivity index (χ4v) is 2.73. The maximum atomic E-state index is 11.4. The first kappa shape index (κ1) is 14.3. The number of hydrogen-bond acceptors (Lipinski definition) is 1. The topological polar surface area (TPSA) is 29.1 Å². The fourth-order valence-electron chi connectivity index (χ4n) is 2.73. The number of carbonyl (C=O) groups is 1. The molecule has 1 N–H and O–H groups in total. The smallest absolute Gasteiger partial charge is 0.221 e. The molecule has 110 valence electrons. The molecule has 0 bridgehead atoms. The highest BCUT2D eigenvalue weighted by atomic mass is 16.1. The molecular formula is C20H19NO. The van der Waals surface area contributed by atoms with Crippen molar-refractivity contribution in [2.24, 2.45) is 0 Å². The minimum Gasteiger partial charge on any atom is -0.326 e. The molecule has 0 aromatic heterocycles. The van der Waals surface area contributed by atoms with Gasteiger partial charge in [0.05, 0.1) is 0 Å². The molecular weight excluding hydrogens is 270 g/mol. The van der Waals surface area contributed by atoms with Gasteiger partial charge in [0.1, 0.15) is 0 Å². The van der Waals surface area contributed by atoms with E-state index in [0.29, 0.717) is 0 Å². The number of para-hydroxylation sites is 1. The van der Waals surface area contributed by atoms with E-state index < -0.39 is 0 Å². The van der Waals surface area contributed by atoms with Gasteiger partial charge in [-0.15, -0.1) is 0 Å². The molecule has 0 saturated carbocycles. The van der Waals surface area contributed by atoms with Crippen LogP contribution in [0.2, 0.25) is 0 Å². The first-order valence-electron chi connectivity index (χ1n) is 7.42. The van der Waals surface area contributed by atoms with Gasteiger partial charge in [0.2, 0.25) is 5.91 Å². The highest BCUT2D eigenvalue weighted by Crippen LogP contribution is 2.31. The van der Waals surface area contributed by atoms with Crippen LogP contribution in [0.25, 0.3) is 21.9 Å². The molecule has 0 aliphatic carbocycles. The van der Waals surface area contributed by atoms with E-state index in [0.717, 1.165) is 16.8 Å². The van der Waals surface area contributed by atoms with Crippen LogP contribution in [-0.4, -0.2) is 5.91 Å². The zero-order valence-electron chi connectivity index (χ0n) is 13.1. The molecule has 2 heteroatoms. The van der Waals surface area contributed by atoms with Gasteiger partial charge in [-0.1, -0.05) is 42.5 Å². The lowest BCUT2D eigenvalue weighted by molar-refractivity contribution is -0.114. The predicted molar refractivity (Wildman–Crippen MR) is 93.2 cm³/mol. The van der Waals surface area contributed by atoms with Crippen molar-refractivity contribution in [2.45, 2.75) is 20.8 Å². The summed E-state index contributed by atoms with van der Waals surface area (Å²) < 4.78 is 0. The standard InChI is InChI=1S/C20H19NO/c1-13-10-16-8-9-17(12-18(16)11-14(13)2)19-6-4-5-7-20(19)21-15(3)22/h4-12H,1-3H3,(H,21,22). The summed E-state index contributed by atoms with van der Waals surface area (Å²) in [5.74, 6) is -0.0558. The average molecular weight is 289 g/mol. The van der Waals surface area contributed by atoms with Crippen molar-refractivity contribution in [3.63, 3.8) is 0 Å². The fraction of sp³-hybridized carbons (Fsp3) is 0.150. The van der Waals surface area contributed by atoms with E-state index in [-0.39, 0.29) is 5.91 Å². The molecule has 3 rings (SSSR count). The van der Waals surface area contributed by atoms with Crippen LogP contribution in [-0.2, 0) is 4.79 Å². The third-order valence-corrected chi connectivity index (χ3v) is 4.00. The Kier molecular flexibility index (Phi) is 3.68. The van der Waals surface area contributed by atoms with Gasteiger partial charge in [-0.25, -0.2) is 0 Å². The van der Waals surface area contributed by atoms with E-state index in [1.165, 1.54) is 28.8 Å². The molecule has 22 heavy (non-hydrogen) atoms. The normalized spacial score (nSPS) is 10.7. The summed E-state index contributed by atoms with van der Waals surface area (Å²) in [7, 11) is 0. The number of anilines is 1. The second-order valence-electron chi connectivity index (χ2n) is 5.73. The molecule has 0 aliphatic heterocycles. The van der Waals surface area contributed by atoms with Crippen molar-refractivity contribution < 1.29 is 4.79 Å².